The Morgan fingerprint density at radius 1 is 1.00 bits per heavy atom. The average Bonchev–Trinajstić information content (AvgIpc) is 2.84. The molecule has 36 heavy (non-hydrogen) atoms. The molecule has 2 aliphatic rings. The number of methoxy groups -OCH3 is 2. The van der Waals surface area contributed by atoms with Gasteiger partial charge < -0.3 is 18.9 Å². The molecule has 1 aliphatic carbocycles. The van der Waals surface area contributed by atoms with E-state index in [-0.39, 0.29) is 24.4 Å². The number of allylic oxidation sites excluding steroid dienone is 2. The highest BCUT2D eigenvalue weighted by Crippen LogP contribution is 2.50. The van der Waals surface area contributed by atoms with Crippen molar-refractivity contribution in [2.75, 3.05) is 27.4 Å². The van der Waals surface area contributed by atoms with Gasteiger partial charge in [0, 0.05) is 34.9 Å². The number of carbonyl (C=O) groups excluding carboxylic acids is 2. The molecule has 0 N–H and O–H groups in total. The Labute approximate surface area is 212 Å². The second kappa shape index (κ2) is 10.6. The molecule has 2 atom stereocenters. The molecule has 0 amide bonds. The zero-order valence-electron chi connectivity index (χ0n) is 21.5. The van der Waals surface area contributed by atoms with Gasteiger partial charge >= 0.3 is 5.97 Å². The summed E-state index contributed by atoms with van der Waals surface area (Å²) in [5.74, 6) is -0.0864. The third-order valence-corrected chi connectivity index (χ3v) is 6.66. The van der Waals surface area contributed by atoms with Crippen molar-refractivity contribution in [2.24, 2.45) is 16.3 Å². The minimum absolute atomic E-state index is 0.00224. The minimum Gasteiger partial charge on any atom is -0.493 e. The lowest BCUT2D eigenvalue weighted by Gasteiger charge is -2.39. The van der Waals surface area contributed by atoms with E-state index in [0.29, 0.717) is 46.9 Å². The number of para-hydroxylation sites is 2. The summed E-state index contributed by atoms with van der Waals surface area (Å²) in [7, 11) is 3.12. The lowest BCUT2D eigenvalue weighted by atomic mass is 9.66. The summed E-state index contributed by atoms with van der Waals surface area (Å²) in [6, 6.07) is 14.9. The number of hydrogen-bond donors (Lipinski definition) is 0. The molecule has 1 aliphatic heterocycles. The van der Waals surface area contributed by atoms with Crippen molar-refractivity contribution >= 4 is 17.5 Å². The molecule has 190 valence electrons. The van der Waals surface area contributed by atoms with Gasteiger partial charge in [0.1, 0.15) is 24.9 Å². The van der Waals surface area contributed by atoms with E-state index in [2.05, 4.69) is 13.8 Å². The molecular weight excluding hydrogens is 458 g/mol. The molecule has 0 saturated heterocycles. The van der Waals surface area contributed by atoms with E-state index in [9.17, 15) is 9.59 Å². The molecule has 4 rings (SSSR count). The first-order chi connectivity index (χ1) is 17.3. The third kappa shape index (κ3) is 5.15. The maximum absolute atomic E-state index is 13.5. The van der Waals surface area contributed by atoms with Crippen LogP contribution in [-0.2, 0) is 14.3 Å². The summed E-state index contributed by atoms with van der Waals surface area (Å²) in [6.45, 7) is 6.24. The molecule has 0 bridgehead atoms. The Bertz CT molecular complexity index is 1200. The van der Waals surface area contributed by atoms with Crippen LogP contribution in [0.3, 0.4) is 0 Å². The topological polar surface area (TPSA) is 83.4 Å². The highest BCUT2D eigenvalue weighted by Gasteiger charge is 2.47. The van der Waals surface area contributed by atoms with Gasteiger partial charge in [-0.2, -0.15) is 0 Å². The average molecular weight is 492 g/mol. The molecular formula is C29H33NO6. The summed E-state index contributed by atoms with van der Waals surface area (Å²) in [6.07, 6.45) is 1.04. The lowest BCUT2D eigenvalue weighted by molar-refractivity contribution is -0.147. The first-order valence-electron chi connectivity index (χ1n) is 12.1. The second-order valence-electron chi connectivity index (χ2n) is 9.92. The van der Waals surface area contributed by atoms with Crippen molar-refractivity contribution < 1.29 is 28.5 Å². The summed E-state index contributed by atoms with van der Waals surface area (Å²) in [5, 5.41) is 0. The van der Waals surface area contributed by atoms with Crippen LogP contribution in [0.15, 0.2) is 64.8 Å². The van der Waals surface area contributed by atoms with E-state index in [1.165, 1.54) is 0 Å². The fourth-order valence-corrected chi connectivity index (χ4v) is 5.15. The van der Waals surface area contributed by atoms with Crippen LogP contribution in [0.2, 0.25) is 0 Å². The Balaban J connectivity index is 1.68. The molecule has 0 saturated carbocycles. The second-order valence-corrected chi connectivity index (χ2v) is 9.92. The van der Waals surface area contributed by atoms with Gasteiger partial charge in [-0.25, -0.2) is 0 Å². The first kappa shape index (κ1) is 25.5. The Kier molecular flexibility index (Phi) is 7.48. The highest BCUT2D eigenvalue weighted by atomic mass is 16.6. The van der Waals surface area contributed by atoms with Crippen LogP contribution in [0.5, 0.6) is 17.2 Å². The summed E-state index contributed by atoms with van der Waals surface area (Å²) >= 11 is 0. The maximum atomic E-state index is 13.5. The van der Waals surface area contributed by atoms with Gasteiger partial charge in [0.2, 0.25) is 0 Å². The number of esters is 1. The molecule has 0 fully saturated rings. The lowest BCUT2D eigenvalue weighted by Crippen LogP contribution is -2.40. The predicted molar refractivity (Wildman–Crippen MR) is 137 cm³/mol. The normalized spacial score (nSPS) is 20.8. The number of carbonyl (C=O) groups is 2. The van der Waals surface area contributed by atoms with E-state index in [1.54, 1.807) is 20.3 Å². The van der Waals surface area contributed by atoms with Gasteiger partial charge in [0.15, 0.2) is 17.3 Å². The monoisotopic (exact) mass is 491 g/mol. The SMILES string of the molecule is COc1cccc([C@@H]2C3=C(CC(C)(C)CC3=O)N=C(C)C2C(=O)OCCOc2ccccc2)c1OC. The van der Waals surface area contributed by atoms with Gasteiger partial charge in [-0.3, -0.25) is 14.6 Å². The van der Waals surface area contributed by atoms with E-state index in [0.717, 1.165) is 5.70 Å². The molecule has 0 aromatic heterocycles. The number of ketones is 1. The van der Waals surface area contributed by atoms with E-state index >= 15 is 0 Å². The maximum Gasteiger partial charge on any atom is 0.315 e. The van der Waals surface area contributed by atoms with Gasteiger partial charge in [0.05, 0.1) is 14.2 Å². The zero-order valence-corrected chi connectivity index (χ0v) is 21.5. The van der Waals surface area contributed by atoms with Crippen LogP contribution >= 0.6 is 0 Å². The van der Waals surface area contributed by atoms with Crippen LogP contribution in [0.4, 0.5) is 0 Å². The first-order valence-corrected chi connectivity index (χ1v) is 12.1. The van der Waals surface area contributed by atoms with Crippen LogP contribution in [0.1, 0.15) is 45.1 Å². The fraction of sp³-hybridized carbons (Fsp3) is 0.414. The largest absolute Gasteiger partial charge is 0.493 e. The molecule has 7 nitrogen and oxygen atoms in total. The smallest absolute Gasteiger partial charge is 0.315 e. The van der Waals surface area contributed by atoms with Crippen molar-refractivity contribution in [1.82, 2.24) is 0 Å². The van der Waals surface area contributed by atoms with Gasteiger partial charge in [-0.15, -0.1) is 0 Å². The van der Waals surface area contributed by atoms with Crippen LogP contribution in [-0.4, -0.2) is 44.9 Å². The van der Waals surface area contributed by atoms with Crippen molar-refractivity contribution in [3.05, 3.63) is 65.4 Å². The number of ether oxygens (including phenoxy) is 4. The van der Waals surface area contributed by atoms with Crippen molar-refractivity contribution in [1.29, 1.82) is 0 Å². The number of aliphatic imine (C=N–C) groups is 1. The minimum atomic E-state index is -0.772. The third-order valence-electron chi connectivity index (χ3n) is 6.66. The summed E-state index contributed by atoms with van der Waals surface area (Å²) in [4.78, 5) is 31.8. The fourth-order valence-electron chi connectivity index (χ4n) is 5.15. The number of rotatable bonds is 8. The summed E-state index contributed by atoms with van der Waals surface area (Å²) < 4.78 is 22.6. The summed E-state index contributed by atoms with van der Waals surface area (Å²) in [5.41, 5.74) is 2.41. The number of benzene rings is 2. The van der Waals surface area contributed by atoms with Crippen LogP contribution in [0.25, 0.3) is 0 Å². The van der Waals surface area contributed by atoms with Gasteiger partial charge in [-0.05, 0) is 37.0 Å². The molecule has 1 unspecified atom stereocenters. The molecule has 1 heterocycles. The van der Waals surface area contributed by atoms with Crippen molar-refractivity contribution in [3.8, 4) is 17.2 Å². The van der Waals surface area contributed by atoms with Crippen molar-refractivity contribution in [3.63, 3.8) is 0 Å². The number of nitrogens with zero attached hydrogens (tertiary/aromatic N) is 1. The molecule has 2 aromatic rings. The molecule has 7 heteroatoms. The van der Waals surface area contributed by atoms with E-state index < -0.39 is 17.8 Å². The Morgan fingerprint density at radius 2 is 1.75 bits per heavy atom. The van der Waals surface area contributed by atoms with Crippen LogP contribution < -0.4 is 14.2 Å². The predicted octanol–water partition coefficient (Wildman–Crippen LogP) is 5.14. The van der Waals surface area contributed by atoms with Gasteiger partial charge in [0.25, 0.3) is 0 Å². The highest BCUT2D eigenvalue weighted by molar-refractivity contribution is 6.09. The van der Waals surface area contributed by atoms with Gasteiger partial charge in [-0.1, -0.05) is 44.2 Å². The molecule has 0 radical (unpaired) electrons. The Morgan fingerprint density at radius 3 is 2.44 bits per heavy atom. The van der Waals surface area contributed by atoms with Crippen molar-refractivity contribution in [2.45, 2.75) is 39.5 Å². The molecule has 2 aromatic carbocycles. The molecule has 0 spiro atoms. The number of Topliss-reactive ketones (excluding diaryl/α,β-unsaturated/α-hetero) is 1. The van der Waals surface area contributed by atoms with Crippen LogP contribution in [0, 0.1) is 11.3 Å². The van der Waals surface area contributed by atoms with E-state index in [4.69, 9.17) is 23.9 Å². The quantitative estimate of drug-likeness (QED) is 0.375. The standard InChI is InChI=1S/C29H33NO6/c1-18-24(28(32)36-15-14-35-19-10-7-6-8-11-19)25(20-12-9-13-23(33-4)27(20)34-5)26-21(30-18)16-29(2,3)17-22(26)31/h6-13,24-25H,14-17H2,1-5H3/t24?,25-/m0/s1. The zero-order chi connectivity index (χ0) is 25.9. The Hall–Kier alpha value is -3.61. The number of hydrogen-bond acceptors (Lipinski definition) is 7. The van der Waals surface area contributed by atoms with E-state index in [1.807, 2.05) is 49.4 Å².